The molecule has 1 aromatic heterocycles. The molecule has 6 nitrogen and oxygen atoms in total. The molecule has 0 radical (unpaired) electrons. The first-order valence-electron chi connectivity index (χ1n) is 8.15. The Morgan fingerprint density at radius 1 is 1.12 bits per heavy atom. The van der Waals surface area contributed by atoms with Crippen molar-refractivity contribution >= 4 is 22.8 Å². The second-order valence-corrected chi connectivity index (χ2v) is 5.95. The Morgan fingerprint density at radius 3 is 2.54 bits per heavy atom. The minimum atomic E-state index is -0.999. The summed E-state index contributed by atoms with van der Waals surface area (Å²) < 4.78 is 18.2. The summed E-state index contributed by atoms with van der Waals surface area (Å²) in [6, 6.07) is 12.6. The van der Waals surface area contributed by atoms with Gasteiger partial charge in [0.1, 0.15) is 5.82 Å². The molecule has 2 N–H and O–H groups in total. The van der Waals surface area contributed by atoms with Crippen molar-refractivity contribution in [1.82, 2.24) is 15.5 Å². The van der Waals surface area contributed by atoms with E-state index in [1.165, 1.54) is 19.1 Å². The molecule has 0 aliphatic carbocycles. The molecular weight excluding hydrogens is 337 g/mol. The van der Waals surface area contributed by atoms with E-state index in [9.17, 15) is 14.0 Å². The minimum Gasteiger partial charge on any atom is -0.448 e. The minimum absolute atomic E-state index is 0.131. The Morgan fingerprint density at radius 2 is 1.81 bits per heavy atom. The first kappa shape index (κ1) is 17.6. The maximum absolute atomic E-state index is 13.0. The zero-order chi connectivity index (χ0) is 18.7. The van der Waals surface area contributed by atoms with Crippen molar-refractivity contribution in [3.8, 4) is 0 Å². The zero-order valence-corrected chi connectivity index (χ0v) is 14.3. The molecule has 7 heteroatoms. The number of carbonyl (C=O) groups excluding carboxylic acids is 2. The third-order valence-electron chi connectivity index (χ3n) is 4.05. The number of amides is 1. The SMILES string of the molecule is CC(OC(=O)c1n[nH]c2ccccc12)C(=O)NC(C)c1ccc(F)cc1. The Bertz CT molecular complexity index is 937. The van der Waals surface area contributed by atoms with E-state index in [-0.39, 0.29) is 17.6 Å². The first-order chi connectivity index (χ1) is 12.5. The Balaban J connectivity index is 1.63. The van der Waals surface area contributed by atoms with Crippen LogP contribution in [0.3, 0.4) is 0 Å². The largest absolute Gasteiger partial charge is 0.448 e. The molecule has 0 fully saturated rings. The van der Waals surface area contributed by atoms with E-state index in [1.54, 1.807) is 37.3 Å². The van der Waals surface area contributed by atoms with E-state index >= 15 is 0 Å². The molecule has 3 rings (SSSR count). The summed E-state index contributed by atoms with van der Waals surface area (Å²) >= 11 is 0. The Kier molecular flexibility index (Phi) is 4.97. The molecule has 0 saturated heterocycles. The summed E-state index contributed by atoms with van der Waals surface area (Å²) in [6.07, 6.45) is -0.999. The van der Waals surface area contributed by atoms with Gasteiger partial charge in [0.25, 0.3) is 5.91 Å². The van der Waals surface area contributed by atoms with Gasteiger partial charge in [-0.1, -0.05) is 30.3 Å². The summed E-state index contributed by atoms with van der Waals surface area (Å²) in [5.41, 5.74) is 1.59. The summed E-state index contributed by atoms with van der Waals surface area (Å²) in [5.74, 6) is -1.48. The van der Waals surface area contributed by atoms with Crippen LogP contribution in [0, 0.1) is 5.82 Å². The molecule has 1 heterocycles. The van der Waals surface area contributed by atoms with Gasteiger partial charge < -0.3 is 10.1 Å². The number of esters is 1. The van der Waals surface area contributed by atoms with Gasteiger partial charge in [-0.3, -0.25) is 9.89 Å². The number of aromatic amines is 1. The fraction of sp³-hybridized carbons (Fsp3) is 0.211. The van der Waals surface area contributed by atoms with Crippen molar-refractivity contribution in [2.75, 3.05) is 0 Å². The number of hydrogen-bond donors (Lipinski definition) is 2. The number of benzene rings is 2. The Hall–Kier alpha value is -3.22. The summed E-state index contributed by atoms with van der Waals surface area (Å²) in [5, 5.41) is 10.1. The molecule has 2 unspecified atom stereocenters. The van der Waals surface area contributed by atoms with E-state index in [0.717, 1.165) is 5.56 Å². The van der Waals surface area contributed by atoms with Crippen LogP contribution in [0.4, 0.5) is 4.39 Å². The summed E-state index contributed by atoms with van der Waals surface area (Å²) in [6.45, 7) is 3.25. The van der Waals surface area contributed by atoms with Crippen LogP contribution in [-0.4, -0.2) is 28.2 Å². The van der Waals surface area contributed by atoms with Gasteiger partial charge in [-0.25, -0.2) is 9.18 Å². The highest BCUT2D eigenvalue weighted by Gasteiger charge is 2.23. The van der Waals surface area contributed by atoms with Crippen molar-refractivity contribution < 1.29 is 18.7 Å². The lowest BCUT2D eigenvalue weighted by molar-refractivity contribution is -0.129. The topological polar surface area (TPSA) is 84.1 Å². The predicted molar refractivity (Wildman–Crippen MR) is 93.9 cm³/mol. The van der Waals surface area contributed by atoms with Crippen LogP contribution in [0.15, 0.2) is 48.5 Å². The second kappa shape index (κ2) is 7.35. The van der Waals surface area contributed by atoms with Crippen LogP contribution >= 0.6 is 0 Å². The third kappa shape index (κ3) is 3.72. The molecule has 0 bridgehead atoms. The third-order valence-corrected chi connectivity index (χ3v) is 4.05. The van der Waals surface area contributed by atoms with Crippen molar-refractivity contribution in [3.63, 3.8) is 0 Å². The lowest BCUT2D eigenvalue weighted by Crippen LogP contribution is -2.37. The molecule has 26 heavy (non-hydrogen) atoms. The number of rotatable bonds is 5. The van der Waals surface area contributed by atoms with E-state index < -0.39 is 18.0 Å². The molecule has 0 spiro atoms. The first-order valence-corrected chi connectivity index (χ1v) is 8.15. The molecule has 0 saturated carbocycles. The van der Waals surface area contributed by atoms with E-state index in [1.807, 2.05) is 6.07 Å². The fourth-order valence-corrected chi connectivity index (χ4v) is 2.55. The molecule has 2 aromatic carbocycles. The highest BCUT2D eigenvalue weighted by Crippen LogP contribution is 2.17. The highest BCUT2D eigenvalue weighted by molar-refractivity contribution is 6.02. The zero-order valence-electron chi connectivity index (χ0n) is 14.3. The number of nitrogens with zero attached hydrogens (tertiary/aromatic N) is 1. The maximum Gasteiger partial charge on any atom is 0.360 e. The van der Waals surface area contributed by atoms with Gasteiger partial charge in [0, 0.05) is 5.39 Å². The van der Waals surface area contributed by atoms with Crippen molar-refractivity contribution in [3.05, 3.63) is 65.6 Å². The molecular formula is C19H18FN3O3. The number of carbonyl (C=O) groups is 2. The average molecular weight is 355 g/mol. The van der Waals surface area contributed by atoms with Gasteiger partial charge in [0.05, 0.1) is 11.6 Å². The molecule has 1 amide bonds. The average Bonchev–Trinajstić information content (AvgIpc) is 3.06. The van der Waals surface area contributed by atoms with Gasteiger partial charge in [-0.05, 0) is 37.6 Å². The van der Waals surface area contributed by atoms with Crippen molar-refractivity contribution in [2.45, 2.75) is 26.0 Å². The normalized spacial score (nSPS) is 13.2. The maximum atomic E-state index is 13.0. The molecule has 2 atom stereocenters. The number of H-pyrrole nitrogens is 1. The van der Waals surface area contributed by atoms with Crippen LogP contribution in [-0.2, 0) is 9.53 Å². The van der Waals surface area contributed by atoms with Crippen LogP contribution in [0.1, 0.15) is 35.9 Å². The monoisotopic (exact) mass is 355 g/mol. The fourth-order valence-electron chi connectivity index (χ4n) is 2.55. The molecule has 134 valence electrons. The molecule has 0 aliphatic heterocycles. The number of aromatic nitrogens is 2. The van der Waals surface area contributed by atoms with E-state index in [2.05, 4.69) is 15.5 Å². The molecule has 3 aromatic rings. The summed E-state index contributed by atoms with van der Waals surface area (Å²) in [4.78, 5) is 24.6. The second-order valence-electron chi connectivity index (χ2n) is 5.95. The standard InChI is InChI=1S/C19H18FN3O3/c1-11(13-7-9-14(20)10-8-13)21-18(24)12(2)26-19(25)17-15-5-3-4-6-16(15)22-23-17/h3-12H,1-2H3,(H,21,24)(H,22,23). The lowest BCUT2D eigenvalue weighted by atomic mass is 10.1. The van der Waals surface area contributed by atoms with Crippen molar-refractivity contribution in [2.24, 2.45) is 0 Å². The van der Waals surface area contributed by atoms with Gasteiger partial charge in [0.15, 0.2) is 11.8 Å². The lowest BCUT2D eigenvalue weighted by Gasteiger charge is -2.18. The van der Waals surface area contributed by atoms with Crippen LogP contribution in [0.25, 0.3) is 10.9 Å². The number of halogens is 1. The Labute approximate surface area is 149 Å². The highest BCUT2D eigenvalue weighted by atomic mass is 19.1. The van der Waals surface area contributed by atoms with E-state index in [4.69, 9.17) is 4.74 Å². The number of nitrogens with one attached hydrogen (secondary N) is 2. The number of fused-ring (bicyclic) bond motifs is 1. The number of hydrogen-bond acceptors (Lipinski definition) is 4. The van der Waals surface area contributed by atoms with Crippen molar-refractivity contribution in [1.29, 1.82) is 0 Å². The number of para-hydroxylation sites is 1. The molecule has 0 aliphatic rings. The van der Waals surface area contributed by atoms with Gasteiger partial charge in [-0.15, -0.1) is 0 Å². The quantitative estimate of drug-likeness (QED) is 0.689. The smallest absolute Gasteiger partial charge is 0.360 e. The van der Waals surface area contributed by atoms with E-state index in [0.29, 0.717) is 10.9 Å². The van der Waals surface area contributed by atoms with Gasteiger partial charge in [0.2, 0.25) is 0 Å². The van der Waals surface area contributed by atoms with Gasteiger partial charge >= 0.3 is 5.97 Å². The van der Waals surface area contributed by atoms with Crippen LogP contribution in [0.2, 0.25) is 0 Å². The van der Waals surface area contributed by atoms with Gasteiger partial charge in [-0.2, -0.15) is 5.10 Å². The predicted octanol–water partition coefficient (Wildman–Crippen LogP) is 3.12. The van der Waals surface area contributed by atoms with Crippen LogP contribution in [0.5, 0.6) is 0 Å². The summed E-state index contributed by atoms with van der Waals surface area (Å²) in [7, 11) is 0. The number of ether oxygens (including phenoxy) is 1. The van der Waals surface area contributed by atoms with Crippen LogP contribution < -0.4 is 5.32 Å².